The molecule has 0 fully saturated rings. The first-order chi connectivity index (χ1) is 21.5. The molecule has 2 heterocycles. The number of rotatable bonds is 8. The maximum Gasteiger partial charge on any atom is 0.162 e. The van der Waals surface area contributed by atoms with Crippen LogP contribution in [0.5, 0.6) is 0 Å². The van der Waals surface area contributed by atoms with Crippen molar-refractivity contribution in [2.24, 2.45) is 11.8 Å². The molecule has 0 atom stereocenters. The number of fused-ring (bicyclic) bond motifs is 3. The third kappa shape index (κ3) is 6.21. The second-order valence-corrected chi connectivity index (χ2v) is 13.4. The molecular weight excluding hydrogens is 747 g/mol. The number of furan rings is 1. The second kappa shape index (κ2) is 14.2. The molecule has 4 nitrogen and oxygen atoms in total. The fraction of sp³-hybridized carbons (Fsp3) is 0.415. The zero-order valence-corrected chi connectivity index (χ0v) is 31.2. The van der Waals surface area contributed by atoms with Gasteiger partial charge < -0.3 is 9.52 Å². The smallest absolute Gasteiger partial charge is 0.162 e. The molecule has 1 N–H and O–H groups in total. The summed E-state index contributed by atoms with van der Waals surface area (Å²) in [6, 6.07) is 19.1. The number of hydrogen-bond acceptors (Lipinski definition) is 4. The number of pyridine rings is 1. The Balaban J connectivity index is 0.000000259. The zero-order chi connectivity index (χ0) is 32.6. The number of carbonyl (C=O) groups is 1. The van der Waals surface area contributed by atoms with Gasteiger partial charge in [0, 0.05) is 66.2 Å². The third-order valence-corrected chi connectivity index (χ3v) is 9.93. The summed E-state index contributed by atoms with van der Waals surface area (Å²) in [6.07, 6.45) is 6.85. The van der Waals surface area contributed by atoms with E-state index in [1.54, 1.807) is 0 Å². The number of aliphatic hydroxyl groups is 1. The zero-order valence-electron chi connectivity index (χ0n) is 28.8. The summed E-state index contributed by atoms with van der Waals surface area (Å²) in [5, 5.41) is 14.5. The van der Waals surface area contributed by atoms with E-state index in [9.17, 15) is 9.90 Å². The van der Waals surface area contributed by atoms with Crippen LogP contribution in [0.25, 0.3) is 44.0 Å². The summed E-state index contributed by atoms with van der Waals surface area (Å²) in [4.78, 5) is 16.7. The van der Waals surface area contributed by atoms with Gasteiger partial charge in [-0.1, -0.05) is 102 Å². The van der Waals surface area contributed by atoms with Crippen LogP contribution in [0.1, 0.15) is 109 Å². The average Bonchev–Trinajstić information content (AvgIpc) is 3.40. The number of allylic oxidation sites excluding steroid dienone is 2. The minimum Gasteiger partial charge on any atom is -0.512 e. The van der Waals surface area contributed by atoms with Gasteiger partial charge in [0.15, 0.2) is 5.78 Å². The van der Waals surface area contributed by atoms with Gasteiger partial charge in [-0.3, -0.25) is 9.78 Å². The number of benzene rings is 3. The fourth-order valence-electron chi connectivity index (χ4n) is 6.95. The SMILES string of the molecule is CCC(CC)C(=O)/C=C(\O)C(CC)CC.Cc1cnc2c3c1oc1c(C(C)C)ccc(c13)C(C)(C)c1cc3ccccc3[c-]c1-2.[Ir]. The summed E-state index contributed by atoms with van der Waals surface area (Å²) in [5.41, 5.74) is 8.75. The second-order valence-electron chi connectivity index (χ2n) is 13.4. The molecule has 0 unspecified atom stereocenters. The molecule has 1 aliphatic carbocycles. The molecule has 0 amide bonds. The molecule has 0 bridgehead atoms. The fourth-order valence-corrected chi connectivity index (χ4v) is 6.95. The van der Waals surface area contributed by atoms with Crippen molar-refractivity contribution >= 4 is 38.5 Å². The number of aromatic nitrogens is 1. The number of aryl methyl sites for hydroxylation is 1. The summed E-state index contributed by atoms with van der Waals surface area (Å²) >= 11 is 0. The molecule has 2 aromatic heterocycles. The van der Waals surface area contributed by atoms with Crippen molar-refractivity contribution in [1.29, 1.82) is 0 Å². The van der Waals surface area contributed by atoms with Crippen molar-refractivity contribution in [1.82, 2.24) is 4.98 Å². The third-order valence-electron chi connectivity index (χ3n) is 9.93. The van der Waals surface area contributed by atoms with Crippen LogP contribution in [-0.2, 0) is 30.3 Å². The molecule has 6 rings (SSSR count). The van der Waals surface area contributed by atoms with Crippen molar-refractivity contribution in [2.75, 3.05) is 0 Å². The first-order valence-electron chi connectivity index (χ1n) is 16.7. The average molecular weight is 795 g/mol. The predicted octanol–water partition coefficient (Wildman–Crippen LogP) is 11.5. The van der Waals surface area contributed by atoms with Crippen LogP contribution in [0.4, 0.5) is 0 Å². The molecule has 5 aromatic rings. The molecule has 1 aliphatic rings. The first-order valence-corrected chi connectivity index (χ1v) is 16.7. The van der Waals surface area contributed by atoms with Gasteiger partial charge in [-0.2, -0.15) is 0 Å². The molecular formula is C41H48IrNO3-. The summed E-state index contributed by atoms with van der Waals surface area (Å²) in [5.74, 6) is 0.936. The topological polar surface area (TPSA) is 63.3 Å². The van der Waals surface area contributed by atoms with Crippen LogP contribution >= 0.6 is 0 Å². The van der Waals surface area contributed by atoms with E-state index < -0.39 is 0 Å². The van der Waals surface area contributed by atoms with Crippen LogP contribution < -0.4 is 0 Å². The van der Waals surface area contributed by atoms with Crippen molar-refractivity contribution < 1.29 is 34.4 Å². The van der Waals surface area contributed by atoms with E-state index in [-0.39, 0.29) is 48.9 Å². The van der Waals surface area contributed by atoms with Crippen molar-refractivity contribution in [3.63, 3.8) is 0 Å². The van der Waals surface area contributed by atoms with Gasteiger partial charge in [-0.15, -0.1) is 23.6 Å². The summed E-state index contributed by atoms with van der Waals surface area (Å²) in [6.45, 7) is 19.2. The maximum atomic E-state index is 11.7. The standard InChI is InChI=1S/C28H24NO.C13H24O2.Ir/c1-15(2)19-10-11-21-23-24-25(29-14-16(3)26(24)30-27(19)23)20-12-17-8-6-7-9-18(17)13-22(20)28(21,4)5;1-5-10(6-2)12(14)9-13(15)11(7-3)8-4;/h6-11,13-15H,1-5H3;9-11,14H,5-8H2,1-4H3;/q-1;;/b;12-9-;. The van der Waals surface area contributed by atoms with Gasteiger partial charge in [0.1, 0.15) is 11.2 Å². The Hall–Kier alpha value is -3.27. The van der Waals surface area contributed by atoms with Crippen LogP contribution in [0.2, 0.25) is 0 Å². The predicted molar refractivity (Wildman–Crippen MR) is 188 cm³/mol. The normalized spacial score (nSPS) is 13.7. The largest absolute Gasteiger partial charge is 0.512 e. The monoisotopic (exact) mass is 795 g/mol. The number of nitrogens with zero attached hydrogens (tertiary/aromatic N) is 1. The van der Waals surface area contributed by atoms with Gasteiger partial charge in [-0.05, 0) is 55.1 Å². The van der Waals surface area contributed by atoms with E-state index in [1.807, 2.05) is 33.9 Å². The Morgan fingerprint density at radius 1 is 0.935 bits per heavy atom. The molecule has 245 valence electrons. The van der Waals surface area contributed by atoms with Gasteiger partial charge >= 0.3 is 0 Å². The van der Waals surface area contributed by atoms with Crippen LogP contribution in [0.3, 0.4) is 0 Å². The number of aliphatic hydroxyl groups excluding tert-OH is 1. The first kappa shape index (κ1) is 35.6. The molecule has 0 aliphatic heterocycles. The summed E-state index contributed by atoms with van der Waals surface area (Å²) < 4.78 is 6.57. The van der Waals surface area contributed by atoms with Gasteiger partial charge in [0.25, 0.3) is 0 Å². The van der Waals surface area contributed by atoms with Crippen LogP contribution in [0, 0.1) is 24.8 Å². The molecule has 46 heavy (non-hydrogen) atoms. The van der Waals surface area contributed by atoms with E-state index in [1.165, 1.54) is 33.5 Å². The van der Waals surface area contributed by atoms with E-state index in [0.29, 0.717) is 5.92 Å². The Morgan fingerprint density at radius 2 is 1.59 bits per heavy atom. The quantitative estimate of drug-likeness (QED) is 0.0965. The summed E-state index contributed by atoms with van der Waals surface area (Å²) in [7, 11) is 0. The molecule has 0 spiro atoms. The van der Waals surface area contributed by atoms with Crippen molar-refractivity contribution in [3.05, 3.63) is 88.8 Å². The molecule has 5 heteroatoms. The van der Waals surface area contributed by atoms with E-state index in [0.717, 1.165) is 64.4 Å². The van der Waals surface area contributed by atoms with Crippen molar-refractivity contribution in [3.8, 4) is 11.3 Å². The van der Waals surface area contributed by atoms with Gasteiger partial charge in [0.2, 0.25) is 0 Å². The number of hydrogen-bond donors (Lipinski definition) is 1. The molecule has 0 saturated heterocycles. The Bertz CT molecular complexity index is 1900. The Kier molecular flexibility index (Phi) is 11.0. The minimum atomic E-state index is -0.199. The molecule has 0 saturated carbocycles. The van der Waals surface area contributed by atoms with Gasteiger partial charge in [0.05, 0.1) is 5.76 Å². The van der Waals surface area contributed by atoms with Gasteiger partial charge in [-0.25, -0.2) is 0 Å². The van der Waals surface area contributed by atoms with Crippen LogP contribution in [-0.4, -0.2) is 15.9 Å². The Morgan fingerprint density at radius 3 is 2.22 bits per heavy atom. The van der Waals surface area contributed by atoms with E-state index in [4.69, 9.17) is 9.40 Å². The number of carbonyl (C=O) groups excluding carboxylic acids is 1. The van der Waals surface area contributed by atoms with E-state index >= 15 is 0 Å². The van der Waals surface area contributed by atoms with Crippen molar-refractivity contribution in [2.45, 2.75) is 99.3 Å². The molecule has 1 radical (unpaired) electrons. The maximum absolute atomic E-state index is 11.7. The Labute approximate surface area is 288 Å². The molecule has 3 aromatic carbocycles. The van der Waals surface area contributed by atoms with Crippen LogP contribution in [0.15, 0.2) is 64.9 Å². The minimum absolute atomic E-state index is 0. The van der Waals surface area contributed by atoms with E-state index in [2.05, 4.69) is 83.1 Å². The number of ketones is 1.